The molecule has 3 nitrogen and oxygen atoms in total. The second-order valence-corrected chi connectivity index (χ2v) is 4.35. The van der Waals surface area contributed by atoms with E-state index in [0.717, 1.165) is 0 Å². The summed E-state index contributed by atoms with van der Waals surface area (Å²) in [6.07, 6.45) is 1.97. The Labute approximate surface area is 85.7 Å². The van der Waals surface area contributed by atoms with Gasteiger partial charge in [0.25, 0.3) is 0 Å². The molecule has 0 saturated carbocycles. The Morgan fingerprint density at radius 1 is 1.64 bits per heavy atom. The lowest BCUT2D eigenvalue weighted by Crippen LogP contribution is -2.26. The minimum atomic E-state index is -0.498. The molecule has 1 heterocycles. The summed E-state index contributed by atoms with van der Waals surface area (Å²) in [5, 5.41) is 9.74. The molecule has 0 spiro atoms. The highest BCUT2D eigenvalue weighted by Crippen LogP contribution is 2.26. The largest absolute Gasteiger partial charge is 0.392 e. The molecule has 1 N–H and O–H groups in total. The molecule has 0 radical (unpaired) electrons. The zero-order valence-corrected chi connectivity index (χ0v) is 9.19. The van der Waals surface area contributed by atoms with E-state index in [1.54, 1.807) is 6.08 Å². The van der Waals surface area contributed by atoms with Crippen LogP contribution in [0.3, 0.4) is 0 Å². The van der Waals surface area contributed by atoms with Crippen molar-refractivity contribution in [1.29, 1.82) is 0 Å². The second kappa shape index (κ2) is 4.43. The monoisotopic (exact) mass is 200 g/mol. The molecule has 0 aromatic heterocycles. The third-order valence-corrected chi connectivity index (χ3v) is 2.55. The van der Waals surface area contributed by atoms with Gasteiger partial charge in [0.2, 0.25) is 0 Å². The first-order valence-corrected chi connectivity index (χ1v) is 5.07. The Hall–Kier alpha value is -0.380. The van der Waals surface area contributed by atoms with Crippen molar-refractivity contribution >= 4 is 0 Å². The van der Waals surface area contributed by atoms with Gasteiger partial charge in [0, 0.05) is 6.42 Å². The Bertz CT molecular complexity index is 201. The molecule has 82 valence electrons. The fraction of sp³-hybridized carbons (Fsp3) is 0.818. The maximum Gasteiger partial charge on any atom is 0.163 e. The van der Waals surface area contributed by atoms with E-state index in [9.17, 15) is 5.11 Å². The number of hydrogen-bond acceptors (Lipinski definition) is 3. The number of hydrogen-bond donors (Lipinski definition) is 1. The van der Waals surface area contributed by atoms with Crippen LogP contribution in [-0.4, -0.2) is 29.7 Å². The summed E-state index contributed by atoms with van der Waals surface area (Å²) in [6, 6.07) is 0. The first-order chi connectivity index (χ1) is 6.44. The number of aliphatic hydroxyl groups is 1. The van der Waals surface area contributed by atoms with Gasteiger partial charge in [-0.3, -0.25) is 0 Å². The molecular weight excluding hydrogens is 180 g/mol. The zero-order valence-electron chi connectivity index (χ0n) is 9.19. The van der Waals surface area contributed by atoms with Gasteiger partial charge in [0.1, 0.15) is 0 Å². The van der Waals surface area contributed by atoms with Gasteiger partial charge in [-0.1, -0.05) is 13.0 Å². The van der Waals surface area contributed by atoms with Gasteiger partial charge in [-0.05, 0) is 19.8 Å². The molecule has 1 saturated heterocycles. The molecule has 3 heteroatoms. The molecule has 0 aromatic rings. The van der Waals surface area contributed by atoms with Gasteiger partial charge in [-0.2, -0.15) is 0 Å². The van der Waals surface area contributed by atoms with Crippen LogP contribution in [0.1, 0.15) is 27.2 Å². The minimum absolute atomic E-state index is 0.00222. The maximum atomic E-state index is 9.74. The maximum absolute atomic E-state index is 9.74. The summed E-state index contributed by atoms with van der Waals surface area (Å²) >= 11 is 0. The predicted octanol–water partition coefficient (Wildman–Crippen LogP) is 1.71. The van der Waals surface area contributed by atoms with Crippen LogP contribution in [0.2, 0.25) is 0 Å². The topological polar surface area (TPSA) is 38.7 Å². The standard InChI is InChI=1S/C11H20O3/c1-5-8(2)10(12)6-9-7-13-11(3,4)14-9/h5,8-10,12H,1,6-7H2,2-4H3/t8-,9-,10+/m0/s1. The van der Waals surface area contributed by atoms with E-state index in [0.29, 0.717) is 13.0 Å². The number of rotatable bonds is 4. The lowest BCUT2D eigenvalue weighted by atomic mass is 10.00. The molecular formula is C11H20O3. The summed E-state index contributed by atoms with van der Waals surface area (Å²) < 4.78 is 11.0. The van der Waals surface area contributed by atoms with Crippen molar-refractivity contribution in [3.05, 3.63) is 12.7 Å². The van der Waals surface area contributed by atoms with Crippen LogP contribution in [0, 0.1) is 5.92 Å². The van der Waals surface area contributed by atoms with Crippen molar-refractivity contribution in [2.45, 2.75) is 45.2 Å². The van der Waals surface area contributed by atoms with Gasteiger partial charge in [0.05, 0.1) is 18.8 Å². The summed E-state index contributed by atoms with van der Waals surface area (Å²) in [7, 11) is 0. The Balaban J connectivity index is 2.35. The molecule has 1 aliphatic heterocycles. The molecule has 3 atom stereocenters. The van der Waals surface area contributed by atoms with E-state index in [1.165, 1.54) is 0 Å². The van der Waals surface area contributed by atoms with Gasteiger partial charge in [0.15, 0.2) is 5.79 Å². The molecule has 14 heavy (non-hydrogen) atoms. The lowest BCUT2D eigenvalue weighted by molar-refractivity contribution is -0.141. The fourth-order valence-electron chi connectivity index (χ4n) is 1.52. The molecule has 1 aliphatic rings. The van der Waals surface area contributed by atoms with Crippen LogP contribution in [0.25, 0.3) is 0 Å². The Morgan fingerprint density at radius 3 is 2.71 bits per heavy atom. The van der Waals surface area contributed by atoms with Crippen LogP contribution in [0.15, 0.2) is 12.7 Å². The van der Waals surface area contributed by atoms with E-state index < -0.39 is 11.9 Å². The smallest absolute Gasteiger partial charge is 0.163 e. The molecule has 0 aliphatic carbocycles. The lowest BCUT2D eigenvalue weighted by Gasteiger charge is -2.20. The summed E-state index contributed by atoms with van der Waals surface area (Å²) in [5.41, 5.74) is 0. The minimum Gasteiger partial charge on any atom is -0.392 e. The average molecular weight is 200 g/mol. The van der Waals surface area contributed by atoms with E-state index >= 15 is 0 Å². The van der Waals surface area contributed by atoms with Crippen LogP contribution >= 0.6 is 0 Å². The first kappa shape index (κ1) is 11.7. The Kier molecular flexibility index (Phi) is 3.70. The molecule has 1 rings (SSSR count). The fourth-order valence-corrected chi connectivity index (χ4v) is 1.52. The molecule has 1 fully saturated rings. The van der Waals surface area contributed by atoms with Crippen LogP contribution in [0.5, 0.6) is 0 Å². The SMILES string of the molecule is C=C[C@H](C)[C@H](O)C[C@H]1COC(C)(C)O1. The van der Waals surface area contributed by atoms with E-state index in [2.05, 4.69) is 6.58 Å². The summed E-state index contributed by atoms with van der Waals surface area (Å²) in [4.78, 5) is 0. The Morgan fingerprint density at radius 2 is 2.29 bits per heavy atom. The number of ether oxygens (including phenoxy) is 2. The van der Waals surface area contributed by atoms with Crippen molar-refractivity contribution < 1.29 is 14.6 Å². The van der Waals surface area contributed by atoms with E-state index in [-0.39, 0.29) is 12.0 Å². The van der Waals surface area contributed by atoms with Crippen molar-refractivity contribution in [2.24, 2.45) is 5.92 Å². The quantitative estimate of drug-likeness (QED) is 0.702. The van der Waals surface area contributed by atoms with Gasteiger partial charge >= 0.3 is 0 Å². The van der Waals surface area contributed by atoms with Gasteiger partial charge < -0.3 is 14.6 Å². The van der Waals surface area contributed by atoms with Crippen LogP contribution < -0.4 is 0 Å². The highest BCUT2D eigenvalue weighted by molar-refractivity contribution is 4.84. The van der Waals surface area contributed by atoms with Gasteiger partial charge in [-0.15, -0.1) is 6.58 Å². The normalized spacial score (nSPS) is 29.9. The second-order valence-electron chi connectivity index (χ2n) is 4.35. The third kappa shape index (κ3) is 3.08. The highest BCUT2D eigenvalue weighted by atomic mass is 16.7. The van der Waals surface area contributed by atoms with E-state index in [1.807, 2.05) is 20.8 Å². The molecule has 0 unspecified atom stereocenters. The van der Waals surface area contributed by atoms with Crippen molar-refractivity contribution in [3.8, 4) is 0 Å². The van der Waals surface area contributed by atoms with Crippen molar-refractivity contribution in [1.82, 2.24) is 0 Å². The molecule has 0 bridgehead atoms. The molecule has 0 amide bonds. The predicted molar refractivity (Wildman–Crippen MR) is 54.9 cm³/mol. The van der Waals surface area contributed by atoms with Crippen LogP contribution in [-0.2, 0) is 9.47 Å². The van der Waals surface area contributed by atoms with Crippen molar-refractivity contribution in [3.63, 3.8) is 0 Å². The zero-order chi connectivity index (χ0) is 10.8. The van der Waals surface area contributed by atoms with Gasteiger partial charge in [-0.25, -0.2) is 0 Å². The molecule has 0 aromatic carbocycles. The third-order valence-electron chi connectivity index (χ3n) is 2.55. The summed E-state index contributed by atoms with van der Waals surface area (Å²) in [6.45, 7) is 9.93. The highest BCUT2D eigenvalue weighted by Gasteiger charge is 2.34. The first-order valence-electron chi connectivity index (χ1n) is 5.07. The van der Waals surface area contributed by atoms with Crippen molar-refractivity contribution in [2.75, 3.05) is 6.61 Å². The van der Waals surface area contributed by atoms with E-state index in [4.69, 9.17) is 9.47 Å². The average Bonchev–Trinajstić information content (AvgIpc) is 2.44. The summed E-state index contributed by atoms with van der Waals surface area (Å²) in [5.74, 6) is -0.399. The van der Waals surface area contributed by atoms with Crippen LogP contribution in [0.4, 0.5) is 0 Å². The number of aliphatic hydroxyl groups excluding tert-OH is 1.